The van der Waals surface area contributed by atoms with Gasteiger partial charge in [0.05, 0.1) is 13.7 Å². The smallest absolute Gasteiger partial charge is 0.340 e. The van der Waals surface area contributed by atoms with Crippen LogP contribution in [-0.2, 0) is 16.9 Å². The number of carboxylic acid groups (broad SMARTS) is 1. The van der Waals surface area contributed by atoms with Crippen LogP contribution in [0.15, 0.2) is 54.6 Å². The summed E-state index contributed by atoms with van der Waals surface area (Å²) < 4.78 is 5.13. The third-order valence-electron chi connectivity index (χ3n) is 6.23. The van der Waals surface area contributed by atoms with Gasteiger partial charge in [-0.25, -0.2) is 4.79 Å². The first-order valence-electron chi connectivity index (χ1n) is 11.7. The second-order valence-corrected chi connectivity index (χ2v) is 8.35. The van der Waals surface area contributed by atoms with Crippen molar-refractivity contribution in [2.75, 3.05) is 20.2 Å². The molecule has 5 heteroatoms. The maximum Gasteiger partial charge on any atom is 0.340 e. The summed E-state index contributed by atoms with van der Waals surface area (Å²) >= 11 is 0. The molecule has 33 heavy (non-hydrogen) atoms. The number of rotatable bonds is 8. The summed E-state index contributed by atoms with van der Waals surface area (Å²) in [4.78, 5) is 13.8. The number of aliphatic carboxylic acids is 1. The zero-order valence-corrected chi connectivity index (χ0v) is 20.1. The van der Waals surface area contributed by atoms with Crippen molar-refractivity contribution in [3.8, 4) is 17.6 Å². The molecular formula is C28H37NO4. The number of benzene rings is 2. The summed E-state index contributed by atoms with van der Waals surface area (Å²) in [6.45, 7) is 6.82. The van der Waals surface area contributed by atoms with E-state index in [2.05, 4.69) is 35.8 Å². The summed E-state index contributed by atoms with van der Waals surface area (Å²) in [5, 5.41) is 20.0. The average Bonchev–Trinajstić information content (AvgIpc) is 2.87. The summed E-state index contributed by atoms with van der Waals surface area (Å²) in [6, 6.07) is 16.9. The number of aliphatic hydroxyl groups is 1. The maximum absolute atomic E-state index is 11.5. The van der Waals surface area contributed by atoms with E-state index in [-0.39, 0.29) is 5.92 Å². The van der Waals surface area contributed by atoms with E-state index in [1.165, 1.54) is 5.56 Å². The Hall–Kier alpha value is -2.81. The minimum Gasteiger partial charge on any atom is -0.497 e. The molecule has 1 atom stereocenters. The van der Waals surface area contributed by atoms with E-state index in [0.29, 0.717) is 5.56 Å². The van der Waals surface area contributed by atoms with E-state index in [4.69, 9.17) is 4.74 Å². The number of hydrogen-bond donors (Lipinski definition) is 2. The lowest BCUT2D eigenvalue weighted by Crippen LogP contribution is -2.43. The van der Waals surface area contributed by atoms with Crippen LogP contribution in [0, 0.1) is 17.8 Å². The van der Waals surface area contributed by atoms with Gasteiger partial charge in [0.2, 0.25) is 0 Å². The lowest BCUT2D eigenvalue weighted by molar-refractivity contribution is -0.168. The molecule has 0 heterocycles. The molecule has 1 unspecified atom stereocenters. The number of ether oxygens (including phenoxy) is 1. The Morgan fingerprint density at radius 1 is 1.09 bits per heavy atom. The monoisotopic (exact) mass is 451 g/mol. The van der Waals surface area contributed by atoms with Gasteiger partial charge < -0.3 is 14.9 Å². The number of carboxylic acids is 1. The van der Waals surface area contributed by atoms with E-state index >= 15 is 0 Å². The molecule has 0 saturated heterocycles. The lowest BCUT2D eigenvalue weighted by atomic mass is 9.73. The third kappa shape index (κ3) is 7.63. The molecule has 0 radical (unpaired) electrons. The molecule has 178 valence electrons. The summed E-state index contributed by atoms with van der Waals surface area (Å²) in [6.07, 6.45) is 4.73. The highest BCUT2D eigenvalue weighted by atomic mass is 16.5. The molecule has 5 nitrogen and oxygen atoms in total. The predicted molar refractivity (Wildman–Crippen MR) is 132 cm³/mol. The van der Waals surface area contributed by atoms with Crippen molar-refractivity contribution in [2.45, 2.75) is 58.1 Å². The molecule has 2 aromatic rings. The van der Waals surface area contributed by atoms with Gasteiger partial charge in [-0.1, -0.05) is 74.6 Å². The van der Waals surface area contributed by atoms with Crippen LogP contribution < -0.4 is 4.74 Å². The highest BCUT2D eigenvalue weighted by Gasteiger charge is 2.45. The average molecular weight is 452 g/mol. The fraction of sp³-hybridized carbons (Fsp3) is 0.464. The Bertz CT molecular complexity index is 895. The van der Waals surface area contributed by atoms with Crippen LogP contribution in [0.5, 0.6) is 5.75 Å². The van der Waals surface area contributed by atoms with Gasteiger partial charge in [-0.15, -0.1) is 5.92 Å². The Morgan fingerprint density at radius 2 is 1.73 bits per heavy atom. The van der Waals surface area contributed by atoms with Gasteiger partial charge in [0.25, 0.3) is 0 Å². The molecule has 0 bridgehead atoms. The Kier molecular flexibility index (Phi) is 11.0. The van der Waals surface area contributed by atoms with Crippen molar-refractivity contribution in [3.05, 3.63) is 65.7 Å². The van der Waals surface area contributed by atoms with Gasteiger partial charge in [0.1, 0.15) is 5.75 Å². The van der Waals surface area contributed by atoms with E-state index in [1.807, 2.05) is 25.1 Å². The zero-order valence-electron chi connectivity index (χ0n) is 20.1. The Morgan fingerprint density at radius 3 is 2.24 bits per heavy atom. The molecule has 3 rings (SSSR count). The minimum absolute atomic E-state index is 0.170. The first kappa shape index (κ1) is 26.4. The quantitative estimate of drug-likeness (QED) is 0.548. The van der Waals surface area contributed by atoms with Gasteiger partial charge in [-0.05, 0) is 49.6 Å². The van der Waals surface area contributed by atoms with E-state index in [0.717, 1.165) is 57.5 Å². The topological polar surface area (TPSA) is 70.0 Å². The molecule has 1 fully saturated rings. The Labute approximate surface area is 198 Å². The molecule has 1 saturated carbocycles. The van der Waals surface area contributed by atoms with Crippen molar-refractivity contribution >= 4 is 5.97 Å². The number of carbonyl (C=O) groups is 1. The van der Waals surface area contributed by atoms with Crippen LogP contribution in [0.4, 0.5) is 0 Å². The second-order valence-electron chi connectivity index (χ2n) is 8.35. The number of hydrogen-bond acceptors (Lipinski definition) is 4. The summed E-state index contributed by atoms with van der Waals surface area (Å²) in [5.41, 5.74) is 0.0711. The van der Waals surface area contributed by atoms with Gasteiger partial charge in [0, 0.05) is 12.5 Å². The summed E-state index contributed by atoms with van der Waals surface area (Å²) in [5.74, 6) is 5.62. The second kappa shape index (κ2) is 13.7. The number of nitrogens with zero attached hydrogens (tertiary/aromatic N) is 1. The fourth-order valence-corrected chi connectivity index (χ4v) is 4.21. The first-order chi connectivity index (χ1) is 15.9. The van der Waals surface area contributed by atoms with Gasteiger partial charge in [0.15, 0.2) is 5.60 Å². The highest BCUT2D eigenvalue weighted by Crippen LogP contribution is 2.39. The lowest BCUT2D eigenvalue weighted by Gasteiger charge is -2.35. The molecule has 1 aliphatic carbocycles. The molecule has 2 N–H and O–H groups in total. The predicted octanol–water partition coefficient (Wildman–Crippen LogP) is 5.08. The van der Waals surface area contributed by atoms with Gasteiger partial charge in [-0.3, -0.25) is 4.90 Å². The molecule has 0 spiro atoms. The van der Waals surface area contributed by atoms with Gasteiger partial charge >= 0.3 is 5.97 Å². The van der Waals surface area contributed by atoms with Gasteiger partial charge in [-0.2, -0.15) is 0 Å². The largest absolute Gasteiger partial charge is 0.497 e. The Balaban J connectivity index is 0.000000234. The molecule has 1 aliphatic rings. The molecule has 0 aliphatic heterocycles. The normalized spacial score (nSPS) is 15.4. The number of methoxy groups -OCH3 is 1. The minimum atomic E-state index is -1.72. The molecule has 0 amide bonds. The maximum atomic E-state index is 11.5. The molecular weight excluding hydrogens is 414 g/mol. The third-order valence-corrected chi connectivity index (χ3v) is 6.23. The van der Waals surface area contributed by atoms with Crippen molar-refractivity contribution in [1.82, 2.24) is 4.90 Å². The van der Waals surface area contributed by atoms with Crippen LogP contribution in [0.3, 0.4) is 0 Å². The molecule has 2 aromatic carbocycles. The van der Waals surface area contributed by atoms with E-state index in [9.17, 15) is 15.0 Å². The standard InChI is InChI=1S/C14H19NO.C14H18O3/c1-4-6-11-15(5-2)12-13-7-9-14(16-3)10-8-13;15-13(16)14(17,11-7-3-1-4-8-11)12-9-5-2-6-10-12/h7-10H,5,11-12H2,1-3H3;1,3-4,7-8,12,17H,2,5-6,9-10H2,(H,15,16). The van der Waals surface area contributed by atoms with Crippen molar-refractivity contribution in [1.29, 1.82) is 0 Å². The van der Waals surface area contributed by atoms with Crippen LogP contribution in [-0.4, -0.2) is 41.3 Å². The molecule has 0 aromatic heterocycles. The van der Waals surface area contributed by atoms with Crippen LogP contribution >= 0.6 is 0 Å². The zero-order chi connectivity index (χ0) is 24.1. The van der Waals surface area contributed by atoms with E-state index < -0.39 is 11.6 Å². The first-order valence-corrected chi connectivity index (χ1v) is 11.7. The van der Waals surface area contributed by atoms with Crippen LogP contribution in [0.2, 0.25) is 0 Å². The summed E-state index contributed by atoms with van der Waals surface area (Å²) in [7, 11) is 1.68. The fourth-order valence-electron chi connectivity index (χ4n) is 4.21. The van der Waals surface area contributed by atoms with E-state index in [1.54, 1.807) is 31.4 Å². The van der Waals surface area contributed by atoms with Crippen molar-refractivity contribution in [2.24, 2.45) is 5.92 Å². The van der Waals surface area contributed by atoms with Crippen LogP contribution in [0.1, 0.15) is 57.1 Å². The SMILES string of the molecule is CC#CCN(CC)Cc1ccc(OC)cc1.O=C(O)C(O)(c1ccccc1)C1CCCCC1. The van der Waals surface area contributed by atoms with Crippen LogP contribution in [0.25, 0.3) is 0 Å². The van der Waals surface area contributed by atoms with Crippen molar-refractivity contribution < 1.29 is 19.7 Å². The van der Waals surface area contributed by atoms with Crippen molar-refractivity contribution in [3.63, 3.8) is 0 Å². The highest BCUT2D eigenvalue weighted by molar-refractivity contribution is 5.79.